The van der Waals surface area contributed by atoms with Crippen molar-refractivity contribution >= 4 is 31.9 Å². The molecule has 26 heavy (non-hydrogen) atoms. The van der Waals surface area contributed by atoms with E-state index < -0.39 is 10.0 Å². The first kappa shape index (κ1) is 19.0. The first-order chi connectivity index (χ1) is 12.4. The zero-order chi connectivity index (χ0) is 18.7. The number of rotatable bonds is 5. The lowest BCUT2D eigenvalue weighted by molar-refractivity contribution is 0.0784. The molecule has 0 aliphatic carbocycles. The summed E-state index contributed by atoms with van der Waals surface area (Å²) in [7, 11) is -1.87. The van der Waals surface area contributed by atoms with Crippen LogP contribution in [0.4, 0.5) is 0 Å². The minimum absolute atomic E-state index is 0.156. The van der Waals surface area contributed by atoms with Crippen LogP contribution in [0.15, 0.2) is 52.1 Å². The molecule has 138 valence electrons. The molecule has 0 saturated carbocycles. The number of hydrogen-bond acceptors (Lipinski definition) is 4. The van der Waals surface area contributed by atoms with Crippen LogP contribution in [-0.4, -0.2) is 48.7 Å². The molecular weight excluding hydrogens is 418 g/mol. The number of pyridine rings is 1. The number of carbonyl (C=O) groups is 1. The van der Waals surface area contributed by atoms with Gasteiger partial charge in [-0.3, -0.25) is 9.78 Å². The van der Waals surface area contributed by atoms with Gasteiger partial charge in [0.25, 0.3) is 5.91 Å². The van der Waals surface area contributed by atoms with E-state index in [4.69, 9.17) is 0 Å². The monoisotopic (exact) mass is 437 g/mol. The highest BCUT2D eigenvalue weighted by atomic mass is 79.9. The van der Waals surface area contributed by atoms with E-state index in [9.17, 15) is 13.2 Å². The molecule has 0 spiro atoms. The van der Waals surface area contributed by atoms with Crippen molar-refractivity contribution in [1.82, 2.24) is 14.2 Å². The zero-order valence-corrected chi connectivity index (χ0v) is 16.8. The van der Waals surface area contributed by atoms with Crippen LogP contribution in [0, 0.1) is 0 Å². The maximum absolute atomic E-state index is 12.8. The molecule has 0 N–H and O–H groups in total. The maximum atomic E-state index is 12.8. The molecule has 1 aliphatic heterocycles. The van der Waals surface area contributed by atoms with Crippen LogP contribution >= 0.6 is 15.9 Å². The van der Waals surface area contributed by atoms with Gasteiger partial charge in [-0.05, 0) is 64.7 Å². The summed E-state index contributed by atoms with van der Waals surface area (Å²) in [5.41, 5.74) is 1.29. The fraction of sp³-hybridized carbons (Fsp3) is 0.333. The highest BCUT2D eigenvalue weighted by Crippen LogP contribution is 2.26. The van der Waals surface area contributed by atoms with Crippen molar-refractivity contribution in [2.75, 3.05) is 20.1 Å². The van der Waals surface area contributed by atoms with Gasteiger partial charge in [-0.25, -0.2) is 8.42 Å². The molecule has 2 heterocycles. The van der Waals surface area contributed by atoms with Gasteiger partial charge >= 0.3 is 0 Å². The molecular formula is C18H20BrN3O3S. The molecule has 1 aromatic heterocycles. The minimum atomic E-state index is -3.56. The zero-order valence-electron chi connectivity index (χ0n) is 14.4. The van der Waals surface area contributed by atoms with Crippen molar-refractivity contribution in [1.29, 1.82) is 0 Å². The number of amides is 1. The number of aromatic nitrogens is 1. The predicted octanol–water partition coefficient (Wildman–Crippen LogP) is 2.90. The van der Waals surface area contributed by atoms with Gasteiger partial charge in [-0.1, -0.05) is 0 Å². The Balaban J connectivity index is 1.86. The third-order valence-electron chi connectivity index (χ3n) is 4.39. The number of halogens is 1. The lowest BCUT2D eigenvalue weighted by Gasteiger charge is -2.20. The summed E-state index contributed by atoms with van der Waals surface area (Å²) in [6, 6.07) is 8.30. The molecule has 1 saturated heterocycles. The topological polar surface area (TPSA) is 70.6 Å². The summed E-state index contributed by atoms with van der Waals surface area (Å²) >= 11 is 3.37. The molecule has 2 aromatic rings. The summed E-state index contributed by atoms with van der Waals surface area (Å²) in [4.78, 5) is 18.5. The van der Waals surface area contributed by atoms with Gasteiger partial charge in [0.05, 0.1) is 10.5 Å². The number of sulfonamides is 1. The van der Waals surface area contributed by atoms with Crippen LogP contribution in [0.5, 0.6) is 0 Å². The maximum Gasteiger partial charge on any atom is 0.255 e. The predicted molar refractivity (Wildman–Crippen MR) is 102 cm³/mol. The second-order valence-corrected chi connectivity index (χ2v) is 9.06. The van der Waals surface area contributed by atoms with Crippen molar-refractivity contribution in [2.24, 2.45) is 0 Å². The number of carbonyl (C=O) groups excluding carboxylic acids is 1. The van der Waals surface area contributed by atoms with Crippen molar-refractivity contribution in [3.05, 3.63) is 58.3 Å². The quantitative estimate of drug-likeness (QED) is 0.720. The standard InChI is InChI=1S/C18H20BrN3O3S/c1-21(13-14-6-8-20-9-7-14)18(23)16-12-15(4-5-17(16)19)26(24,25)22-10-2-3-11-22/h4-9,12H,2-3,10-11,13H2,1H3. The van der Waals surface area contributed by atoms with E-state index >= 15 is 0 Å². The van der Waals surface area contributed by atoms with Crippen LogP contribution < -0.4 is 0 Å². The Kier molecular flexibility index (Phi) is 5.74. The van der Waals surface area contributed by atoms with Gasteiger partial charge in [0.1, 0.15) is 0 Å². The number of benzene rings is 1. The SMILES string of the molecule is CN(Cc1ccncc1)C(=O)c1cc(S(=O)(=O)N2CCCC2)ccc1Br. The first-order valence-electron chi connectivity index (χ1n) is 8.33. The van der Waals surface area contributed by atoms with E-state index in [1.54, 1.807) is 30.4 Å². The van der Waals surface area contributed by atoms with E-state index in [-0.39, 0.29) is 10.8 Å². The molecule has 1 aromatic carbocycles. The molecule has 1 aliphatic rings. The molecule has 6 nitrogen and oxygen atoms in total. The van der Waals surface area contributed by atoms with Crippen LogP contribution in [0.25, 0.3) is 0 Å². The molecule has 0 radical (unpaired) electrons. The van der Waals surface area contributed by atoms with Gasteiger partial charge in [-0.15, -0.1) is 0 Å². The lowest BCUT2D eigenvalue weighted by Crippen LogP contribution is -2.29. The van der Waals surface area contributed by atoms with E-state index in [1.807, 2.05) is 12.1 Å². The van der Waals surface area contributed by atoms with Gasteiger partial charge in [0.15, 0.2) is 0 Å². The molecule has 0 atom stereocenters. The highest BCUT2D eigenvalue weighted by molar-refractivity contribution is 9.10. The van der Waals surface area contributed by atoms with Gasteiger partial charge in [-0.2, -0.15) is 4.31 Å². The van der Waals surface area contributed by atoms with Crippen molar-refractivity contribution in [3.8, 4) is 0 Å². The Bertz CT molecular complexity index is 897. The van der Waals surface area contributed by atoms with Gasteiger partial charge in [0, 0.05) is 43.5 Å². The summed E-state index contributed by atoms with van der Waals surface area (Å²) in [5.74, 6) is -0.243. The van der Waals surface area contributed by atoms with Gasteiger partial charge < -0.3 is 4.90 Å². The third kappa shape index (κ3) is 3.97. The lowest BCUT2D eigenvalue weighted by atomic mass is 10.2. The van der Waals surface area contributed by atoms with E-state index in [1.165, 1.54) is 16.4 Å². The molecule has 1 fully saturated rings. The highest BCUT2D eigenvalue weighted by Gasteiger charge is 2.28. The summed E-state index contributed by atoms with van der Waals surface area (Å²) in [6.07, 6.45) is 5.09. The normalized spacial score (nSPS) is 15.2. The summed E-state index contributed by atoms with van der Waals surface area (Å²) in [6.45, 7) is 1.48. The van der Waals surface area contributed by atoms with Crippen molar-refractivity contribution in [2.45, 2.75) is 24.3 Å². The smallest absolute Gasteiger partial charge is 0.255 e. The Labute approximate surface area is 162 Å². The van der Waals surface area contributed by atoms with Crippen molar-refractivity contribution < 1.29 is 13.2 Å². The second kappa shape index (κ2) is 7.85. The Morgan fingerprint density at radius 3 is 2.50 bits per heavy atom. The van der Waals surface area contributed by atoms with Gasteiger partial charge in [0.2, 0.25) is 10.0 Å². The average Bonchev–Trinajstić information content (AvgIpc) is 3.18. The summed E-state index contributed by atoms with van der Waals surface area (Å²) < 4.78 is 27.6. The Hall–Kier alpha value is -1.77. The van der Waals surface area contributed by atoms with E-state index in [0.29, 0.717) is 29.7 Å². The fourth-order valence-corrected chi connectivity index (χ4v) is 4.91. The van der Waals surface area contributed by atoms with Crippen LogP contribution in [0.3, 0.4) is 0 Å². The van der Waals surface area contributed by atoms with E-state index in [0.717, 1.165) is 18.4 Å². The molecule has 3 rings (SSSR count). The largest absolute Gasteiger partial charge is 0.337 e. The Morgan fingerprint density at radius 2 is 1.85 bits per heavy atom. The number of nitrogens with zero attached hydrogens (tertiary/aromatic N) is 3. The molecule has 1 amide bonds. The number of hydrogen-bond donors (Lipinski definition) is 0. The molecule has 0 bridgehead atoms. The molecule has 0 unspecified atom stereocenters. The first-order valence-corrected chi connectivity index (χ1v) is 10.6. The van der Waals surface area contributed by atoms with Crippen LogP contribution in [0.2, 0.25) is 0 Å². The van der Waals surface area contributed by atoms with E-state index in [2.05, 4.69) is 20.9 Å². The average molecular weight is 438 g/mol. The van der Waals surface area contributed by atoms with Crippen LogP contribution in [-0.2, 0) is 16.6 Å². The van der Waals surface area contributed by atoms with Crippen molar-refractivity contribution in [3.63, 3.8) is 0 Å². The third-order valence-corrected chi connectivity index (χ3v) is 6.97. The fourth-order valence-electron chi connectivity index (χ4n) is 2.95. The molecule has 8 heteroatoms. The Morgan fingerprint density at radius 1 is 1.19 bits per heavy atom. The van der Waals surface area contributed by atoms with Crippen LogP contribution in [0.1, 0.15) is 28.8 Å². The summed E-state index contributed by atoms with van der Waals surface area (Å²) in [5, 5.41) is 0. The minimum Gasteiger partial charge on any atom is -0.337 e. The second-order valence-electron chi connectivity index (χ2n) is 6.27.